The first kappa shape index (κ1) is 18.4. The van der Waals surface area contributed by atoms with Gasteiger partial charge in [-0.25, -0.2) is 0 Å². The molecule has 64 valence electrons. The van der Waals surface area contributed by atoms with Gasteiger partial charge in [0, 0.05) is 0 Å². The van der Waals surface area contributed by atoms with Crippen LogP contribution in [0.2, 0.25) is 0 Å². The van der Waals surface area contributed by atoms with E-state index in [0.717, 1.165) is 7.11 Å². The Bertz CT molecular complexity index is 47.4. The van der Waals surface area contributed by atoms with E-state index in [4.69, 9.17) is 5.11 Å². The summed E-state index contributed by atoms with van der Waals surface area (Å²) < 4.78 is 0. The number of nitrogens with zero attached hydrogens (tertiary/aromatic N) is 1. The van der Waals surface area contributed by atoms with E-state index in [-0.39, 0.29) is 51.4 Å². The predicted molar refractivity (Wildman–Crippen MR) is 44.0 cm³/mol. The van der Waals surface area contributed by atoms with Gasteiger partial charge in [0.1, 0.15) is 0 Å². The van der Waals surface area contributed by atoms with Crippen LogP contribution in [0.5, 0.6) is 0 Å². The quantitative estimate of drug-likeness (QED) is 0.398. The molecular weight excluding hydrogens is 165 g/mol. The second-order valence-electron chi connectivity index (χ2n) is 2.01. The molecule has 1 saturated heterocycles. The smallest absolute Gasteiger partial charge is 0.857 e. The molecule has 0 atom stereocenters. The zero-order valence-electron chi connectivity index (χ0n) is 8.68. The zero-order chi connectivity index (χ0) is 8.41. The van der Waals surface area contributed by atoms with E-state index in [1.165, 1.54) is 25.9 Å². The SMILES string of the molecule is CC.CN1CCCC1.C[O-].[K+]. The van der Waals surface area contributed by atoms with Gasteiger partial charge in [-0.05, 0) is 33.0 Å². The fourth-order valence-electron chi connectivity index (χ4n) is 0.875. The first-order valence-electron chi connectivity index (χ1n) is 3.99. The number of rotatable bonds is 0. The van der Waals surface area contributed by atoms with Crippen molar-refractivity contribution in [2.75, 3.05) is 27.2 Å². The molecule has 0 unspecified atom stereocenters. The number of hydrogen-bond acceptors (Lipinski definition) is 2. The van der Waals surface area contributed by atoms with Crippen molar-refractivity contribution in [3.63, 3.8) is 0 Å². The molecule has 0 aromatic heterocycles. The van der Waals surface area contributed by atoms with Crippen molar-refractivity contribution in [3.05, 3.63) is 0 Å². The molecular formula is C8H20KNO. The molecule has 11 heavy (non-hydrogen) atoms. The van der Waals surface area contributed by atoms with Crippen LogP contribution in [0.3, 0.4) is 0 Å². The second kappa shape index (κ2) is 17.6. The first-order valence-corrected chi connectivity index (χ1v) is 3.99. The zero-order valence-corrected chi connectivity index (χ0v) is 11.8. The minimum absolute atomic E-state index is 0. The Balaban J connectivity index is -0.000000114. The molecule has 0 amide bonds. The van der Waals surface area contributed by atoms with E-state index in [0.29, 0.717) is 0 Å². The maximum Gasteiger partial charge on any atom is 1.00 e. The van der Waals surface area contributed by atoms with Gasteiger partial charge in [-0.1, -0.05) is 13.8 Å². The van der Waals surface area contributed by atoms with E-state index >= 15 is 0 Å². The summed E-state index contributed by atoms with van der Waals surface area (Å²) in [5, 5.41) is 8.25. The Morgan fingerprint density at radius 3 is 1.36 bits per heavy atom. The normalized spacial score (nSPS) is 15.0. The van der Waals surface area contributed by atoms with Crippen LogP contribution in [0.15, 0.2) is 0 Å². The van der Waals surface area contributed by atoms with Gasteiger partial charge >= 0.3 is 51.4 Å². The predicted octanol–water partition coefficient (Wildman–Crippen LogP) is -2.28. The summed E-state index contributed by atoms with van der Waals surface area (Å²) >= 11 is 0. The average Bonchev–Trinajstić information content (AvgIpc) is 2.48. The van der Waals surface area contributed by atoms with Crippen LogP contribution in [0.1, 0.15) is 26.7 Å². The van der Waals surface area contributed by atoms with Crippen LogP contribution in [0, 0.1) is 0 Å². The second-order valence-corrected chi connectivity index (χ2v) is 2.01. The minimum atomic E-state index is 0. The van der Waals surface area contributed by atoms with Crippen LogP contribution >= 0.6 is 0 Å². The third-order valence-corrected chi connectivity index (χ3v) is 1.33. The summed E-state index contributed by atoms with van der Waals surface area (Å²) in [6.45, 7) is 6.64. The molecule has 0 aliphatic carbocycles. The van der Waals surface area contributed by atoms with Gasteiger partial charge < -0.3 is 10.0 Å². The minimum Gasteiger partial charge on any atom is -0.857 e. The van der Waals surface area contributed by atoms with Gasteiger partial charge in [0.2, 0.25) is 0 Å². The Morgan fingerprint density at radius 1 is 1.00 bits per heavy atom. The van der Waals surface area contributed by atoms with Gasteiger partial charge in [-0.2, -0.15) is 7.11 Å². The van der Waals surface area contributed by atoms with Crippen LogP contribution < -0.4 is 56.5 Å². The molecule has 1 aliphatic rings. The summed E-state index contributed by atoms with van der Waals surface area (Å²) in [5.41, 5.74) is 0. The number of hydrogen-bond donors (Lipinski definition) is 0. The molecule has 0 aromatic carbocycles. The van der Waals surface area contributed by atoms with Crippen LogP contribution in [-0.4, -0.2) is 32.1 Å². The Hall–Kier alpha value is 1.56. The summed E-state index contributed by atoms with van der Waals surface area (Å²) in [4.78, 5) is 2.36. The molecule has 0 spiro atoms. The molecule has 1 rings (SSSR count). The topological polar surface area (TPSA) is 26.3 Å². The van der Waals surface area contributed by atoms with Crippen LogP contribution in [-0.2, 0) is 0 Å². The van der Waals surface area contributed by atoms with Crippen molar-refractivity contribution < 1.29 is 56.5 Å². The molecule has 0 radical (unpaired) electrons. The summed E-state index contributed by atoms with van der Waals surface area (Å²) in [5.74, 6) is 0. The Kier molecular flexibility index (Phi) is 29.4. The van der Waals surface area contributed by atoms with Crippen molar-refractivity contribution >= 4 is 0 Å². The molecule has 0 saturated carbocycles. The van der Waals surface area contributed by atoms with Gasteiger partial charge in [-0.15, -0.1) is 0 Å². The van der Waals surface area contributed by atoms with Gasteiger partial charge in [0.25, 0.3) is 0 Å². The van der Waals surface area contributed by atoms with E-state index in [1.807, 2.05) is 13.8 Å². The molecule has 0 N–H and O–H groups in total. The van der Waals surface area contributed by atoms with Crippen molar-refractivity contribution in [2.24, 2.45) is 0 Å². The molecule has 0 aromatic rings. The maximum atomic E-state index is 8.25. The Labute approximate surface area is 114 Å². The largest absolute Gasteiger partial charge is 1.00 e. The fourth-order valence-corrected chi connectivity index (χ4v) is 0.875. The average molecular weight is 185 g/mol. The standard InChI is InChI=1S/C5H11N.C2H6.CH3O.K/c1-6-4-2-3-5-6;2*1-2;/h2-5H2,1H3;1-2H3;1H3;/q;;-1;+1. The number of likely N-dealkylation sites (tertiary alicyclic amines) is 1. The molecule has 0 bridgehead atoms. The maximum absolute atomic E-state index is 8.25. The summed E-state index contributed by atoms with van der Waals surface area (Å²) in [6, 6.07) is 0. The first-order chi connectivity index (χ1) is 4.89. The van der Waals surface area contributed by atoms with Crippen molar-refractivity contribution in [2.45, 2.75) is 26.7 Å². The van der Waals surface area contributed by atoms with Gasteiger partial charge in [0.15, 0.2) is 0 Å². The molecule has 1 fully saturated rings. The summed E-state index contributed by atoms with van der Waals surface area (Å²) in [7, 11) is 2.92. The molecule has 3 heteroatoms. The van der Waals surface area contributed by atoms with E-state index in [1.54, 1.807) is 0 Å². The van der Waals surface area contributed by atoms with Crippen LogP contribution in [0.4, 0.5) is 0 Å². The third-order valence-electron chi connectivity index (χ3n) is 1.33. The fraction of sp³-hybridized carbons (Fsp3) is 1.00. The van der Waals surface area contributed by atoms with Gasteiger partial charge in [-0.3, -0.25) is 0 Å². The van der Waals surface area contributed by atoms with Gasteiger partial charge in [0.05, 0.1) is 0 Å². The van der Waals surface area contributed by atoms with Crippen molar-refractivity contribution in [1.82, 2.24) is 4.90 Å². The van der Waals surface area contributed by atoms with E-state index in [2.05, 4.69) is 11.9 Å². The Morgan fingerprint density at radius 2 is 1.27 bits per heavy atom. The van der Waals surface area contributed by atoms with E-state index in [9.17, 15) is 0 Å². The van der Waals surface area contributed by atoms with Crippen molar-refractivity contribution in [1.29, 1.82) is 0 Å². The molecule has 1 aliphatic heterocycles. The molecule has 1 heterocycles. The molecule has 2 nitrogen and oxygen atoms in total. The van der Waals surface area contributed by atoms with Crippen molar-refractivity contribution in [3.8, 4) is 0 Å². The monoisotopic (exact) mass is 185 g/mol. The summed E-state index contributed by atoms with van der Waals surface area (Å²) in [6.07, 6.45) is 2.83. The van der Waals surface area contributed by atoms with Crippen LogP contribution in [0.25, 0.3) is 0 Å². The van der Waals surface area contributed by atoms with E-state index < -0.39 is 0 Å². The third kappa shape index (κ3) is 14.4.